The summed E-state index contributed by atoms with van der Waals surface area (Å²) in [5.41, 5.74) is 3.15. The molecule has 1 saturated heterocycles. The third kappa shape index (κ3) is 4.09. The van der Waals surface area contributed by atoms with Crippen molar-refractivity contribution in [3.05, 3.63) is 71.5 Å². The average molecular weight is 379 g/mol. The van der Waals surface area contributed by atoms with Gasteiger partial charge in [0, 0.05) is 47.3 Å². The molecule has 3 aromatic rings. The largest absolute Gasteiger partial charge is 0.341 e. The molecular formula is C21H19ClN4O. The summed E-state index contributed by atoms with van der Waals surface area (Å²) in [5.74, 6) is 0.609. The molecule has 0 aliphatic carbocycles. The van der Waals surface area contributed by atoms with Crippen LogP contribution in [0.25, 0.3) is 11.1 Å². The maximum atomic E-state index is 12.4. The molecule has 0 unspecified atom stereocenters. The van der Waals surface area contributed by atoms with E-state index in [4.69, 9.17) is 11.6 Å². The SMILES string of the molecule is O=C(Nc1cccc(Cl)c1)c1ccc(-c2cnc(N3CCCC3)nc2)cc1. The number of nitrogens with zero attached hydrogens (tertiary/aromatic N) is 3. The van der Waals surface area contributed by atoms with Crippen LogP contribution in [0.2, 0.25) is 5.02 Å². The molecule has 0 radical (unpaired) electrons. The number of rotatable bonds is 4. The number of hydrogen-bond donors (Lipinski definition) is 1. The third-order valence-electron chi connectivity index (χ3n) is 4.59. The number of halogens is 1. The van der Waals surface area contributed by atoms with Gasteiger partial charge in [0.25, 0.3) is 5.91 Å². The molecule has 1 aliphatic heterocycles. The number of hydrogen-bond acceptors (Lipinski definition) is 4. The van der Waals surface area contributed by atoms with Crippen LogP contribution in [0, 0.1) is 0 Å². The summed E-state index contributed by atoms with van der Waals surface area (Å²) in [5, 5.41) is 3.43. The predicted molar refractivity (Wildman–Crippen MR) is 108 cm³/mol. The van der Waals surface area contributed by atoms with Crippen molar-refractivity contribution in [2.24, 2.45) is 0 Å². The molecule has 1 aliphatic rings. The molecule has 4 rings (SSSR count). The number of anilines is 2. The number of carbonyl (C=O) groups is 1. The van der Waals surface area contributed by atoms with Crippen LogP contribution in [0.4, 0.5) is 11.6 Å². The molecule has 0 saturated carbocycles. The lowest BCUT2D eigenvalue weighted by molar-refractivity contribution is 0.102. The second-order valence-corrected chi connectivity index (χ2v) is 6.94. The van der Waals surface area contributed by atoms with Gasteiger partial charge in [0.2, 0.25) is 5.95 Å². The van der Waals surface area contributed by atoms with Gasteiger partial charge < -0.3 is 10.2 Å². The Morgan fingerprint density at radius 3 is 2.33 bits per heavy atom. The Labute approximate surface area is 163 Å². The predicted octanol–water partition coefficient (Wildman–Crippen LogP) is 4.65. The number of amides is 1. The van der Waals surface area contributed by atoms with E-state index in [1.807, 2.05) is 24.5 Å². The number of carbonyl (C=O) groups excluding carboxylic acids is 1. The van der Waals surface area contributed by atoms with Gasteiger partial charge in [0.1, 0.15) is 0 Å². The fourth-order valence-corrected chi connectivity index (χ4v) is 3.32. The third-order valence-corrected chi connectivity index (χ3v) is 4.83. The molecule has 1 aromatic heterocycles. The summed E-state index contributed by atoms with van der Waals surface area (Å²) in [6.45, 7) is 2.05. The Bertz CT molecular complexity index is 935. The van der Waals surface area contributed by atoms with Gasteiger partial charge in [-0.2, -0.15) is 0 Å². The lowest BCUT2D eigenvalue weighted by Crippen LogP contribution is -2.20. The van der Waals surface area contributed by atoms with E-state index in [0.29, 0.717) is 16.3 Å². The fraction of sp³-hybridized carbons (Fsp3) is 0.190. The smallest absolute Gasteiger partial charge is 0.255 e. The minimum atomic E-state index is -0.176. The molecule has 2 aromatic carbocycles. The van der Waals surface area contributed by atoms with E-state index in [0.717, 1.165) is 30.2 Å². The summed E-state index contributed by atoms with van der Waals surface area (Å²) >= 11 is 5.95. The molecule has 1 N–H and O–H groups in total. The highest BCUT2D eigenvalue weighted by Crippen LogP contribution is 2.22. The maximum Gasteiger partial charge on any atom is 0.255 e. The highest BCUT2D eigenvalue weighted by atomic mass is 35.5. The minimum Gasteiger partial charge on any atom is -0.341 e. The van der Waals surface area contributed by atoms with E-state index in [2.05, 4.69) is 20.2 Å². The standard InChI is InChI=1S/C21H19ClN4O/c22-18-4-3-5-19(12-18)25-20(27)16-8-6-15(7-9-16)17-13-23-21(24-14-17)26-10-1-2-11-26/h3-9,12-14H,1-2,10-11H2,(H,25,27). The van der Waals surface area contributed by atoms with Crippen LogP contribution >= 0.6 is 11.6 Å². The van der Waals surface area contributed by atoms with Crippen molar-refractivity contribution in [2.75, 3.05) is 23.3 Å². The highest BCUT2D eigenvalue weighted by Gasteiger charge is 2.14. The fourth-order valence-electron chi connectivity index (χ4n) is 3.13. The Morgan fingerprint density at radius 2 is 1.67 bits per heavy atom. The van der Waals surface area contributed by atoms with Crippen LogP contribution in [-0.2, 0) is 0 Å². The van der Waals surface area contributed by atoms with E-state index < -0.39 is 0 Å². The van der Waals surface area contributed by atoms with Gasteiger partial charge in [-0.25, -0.2) is 9.97 Å². The van der Waals surface area contributed by atoms with Gasteiger partial charge >= 0.3 is 0 Å². The second-order valence-electron chi connectivity index (χ2n) is 6.51. The summed E-state index contributed by atoms with van der Waals surface area (Å²) in [4.78, 5) is 23.5. The average Bonchev–Trinajstić information content (AvgIpc) is 3.23. The lowest BCUT2D eigenvalue weighted by Gasteiger charge is -2.14. The first-order valence-corrected chi connectivity index (χ1v) is 9.31. The molecule has 6 heteroatoms. The molecular weight excluding hydrogens is 360 g/mol. The Hall–Kier alpha value is -2.92. The monoisotopic (exact) mass is 378 g/mol. The first kappa shape index (κ1) is 17.5. The Morgan fingerprint density at radius 1 is 0.963 bits per heavy atom. The van der Waals surface area contributed by atoms with Gasteiger partial charge in [-0.3, -0.25) is 4.79 Å². The second kappa shape index (κ2) is 7.76. The van der Waals surface area contributed by atoms with E-state index in [1.54, 1.807) is 36.4 Å². The normalized spacial score (nSPS) is 13.6. The molecule has 136 valence electrons. The minimum absolute atomic E-state index is 0.176. The van der Waals surface area contributed by atoms with Gasteiger partial charge in [0.05, 0.1) is 0 Å². The van der Waals surface area contributed by atoms with Gasteiger partial charge in [0.15, 0.2) is 0 Å². The van der Waals surface area contributed by atoms with Crippen molar-refractivity contribution in [1.29, 1.82) is 0 Å². The summed E-state index contributed by atoms with van der Waals surface area (Å²) in [6.07, 6.45) is 6.07. The van der Waals surface area contributed by atoms with Crippen LogP contribution in [0.1, 0.15) is 23.2 Å². The van der Waals surface area contributed by atoms with Crippen molar-refractivity contribution < 1.29 is 4.79 Å². The first-order valence-electron chi connectivity index (χ1n) is 8.93. The van der Waals surface area contributed by atoms with E-state index in [-0.39, 0.29) is 5.91 Å². The molecule has 0 atom stereocenters. The molecule has 5 nitrogen and oxygen atoms in total. The lowest BCUT2D eigenvalue weighted by atomic mass is 10.1. The zero-order valence-corrected chi connectivity index (χ0v) is 15.5. The van der Waals surface area contributed by atoms with Crippen LogP contribution in [0.5, 0.6) is 0 Å². The Kier molecular flexibility index (Phi) is 5.03. The van der Waals surface area contributed by atoms with Crippen molar-refractivity contribution in [1.82, 2.24) is 9.97 Å². The molecule has 27 heavy (non-hydrogen) atoms. The van der Waals surface area contributed by atoms with Crippen molar-refractivity contribution in [3.63, 3.8) is 0 Å². The molecule has 0 bridgehead atoms. The molecule has 0 spiro atoms. The van der Waals surface area contributed by atoms with Gasteiger partial charge in [-0.15, -0.1) is 0 Å². The first-order chi connectivity index (χ1) is 13.2. The van der Waals surface area contributed by atoms with E-state index in [1.165, 1.54) is 12.8 Å². The quantitative estimate of drug-likeness (QED) is 0.718. The molecule has 2 heterocycles. The van der Waals surface area contributed by atoms with E-state index in [9.17, 15) is 4.79 Å². The van der Waals surface area contributed by atoms with Crippen LogP contribution in [-0.4, -0.2) is 29.0 Å². The van der Waals surface area contributed by atoms with Crippen LogP contribution < -0.4 is 10.2 Å². The number of benzene rings is 2. The van der Waals surface area contributed by atoms with Crippen molar-refractivity contribution >= 4 is 29.1 Å². The van der Waals surface area contributed by atoms with Gasteiger partial charge in [-0.05, 0) is 48.7 Å². The van der Waals surface area contributed by atoms with Crippen LogP contribution in [0.15, 0.2) is 60.9 Å². The van der Waals surface area contributed by atoms with E-state index >= 15 is 0 Å². The van der Waals surface area contributed by atoms with Crippen molar-refractivity contribution in [3.8, 4) is 11.1 Å². The summed E-state index contributed by atoms with van der Waals surface area (Å²) in [6, 6.07) is 14.5. The Balaban J connectivity index is 1.46. The van der Waals surface area contributed by atoms with Crippen molar-refractivity contribution in [2.45, 2.75) is 12.8 Å². The van der Waals surface area contributed by atoms with Crippen LogP contribution in [0.3, 0.4) is 0 Å². The molecule has 1 amide bonds. The number of aromatic nitrogens is 2. The molecule has 1 fully saturated rings. The zero-order chi connectivity index (χ0) is 18.6. The number of nitrogens with one attached hydrogen (secondary N) is 1. The highest BCUT2D eigenvalue weighted by molar-refractivity contribution is 6.30. The topological polar surface area (TPSA) is 58.1 Å². The maximum absolute atomic E-state index is 12.4. The summed E-state index contributed by atoms with van der Waals surface area (Å²) < 4.78 is 0. The zero-order valence-electron chi connectivity index (χ0n) is 14.7. The summed E-state index contributed by atoms with van der Waals surface area (Å²) in [7, 11) is 0. The van der Waals surface area contributed by atoms with Gasteiger partial charge in [-0.1, -0.05) is 29.8 Å².